The Balaban J connectivity index is 2.71. The van der Waals surface area contributed by atoms with Crippen molar-refractivity contribution in [1.29, 1.82) is 0 Å². The molecule has 0 saturated carbocycles. The average molecular weight is 166 g/mol. The number of hydrogen-bond acceptors (Lipinski definition) is 2. The average Bonchev–Trinajstić information content (AvgIpc) is 2.05. The molecule has 3 nitrogen and oxygen atoms in total. The van der Waals surface area contributed by atoms with Crippen LogP contribution in [0.1, 0.15) is 6.92 Å². The highest BCUT2D eigenvalue weighted by Crippen LogP contribution is 2.14. The molecule has 0 unspecified atom stereocenters. The van der Waals surface area contributed by atoms with Crippen LogP contribution < -0.4 is 10.1 Å². The lowest BCUT2D eigenvalue weighted by Gasteiger charge is -2.02. The third-order valence-corrected chi connectivity index (χ3v) is 1.41. The third kappa shape index (κ3) is 2.27. The van der Waals surface area contributed by atoms with Gasteiger partial charge in [-0.3, -0.25) is 4.79 Å². The van der Waals surface area contributed by atoms with Crippen molar-refractivity contribution in [2.24, 2.45) is 0 Å². The van der Waals surface area contributed by atoms with Gasteiger partial charge in [0.15, 0.2) is 0 Å². The van der Waals surface area contributed by atoms with Crippen LogP contribution in [0.5, 0.6) is 5.75 Å². The van der Waals surface area contributed by atoms with Crippen molar-refractivity contribution in [2.45, 2.75) is 6.92 Å². The number of carbonyl (C=O) groups excluding carboxylic acids is 1. The fourth-order valence-corrected chi connectivity index (χ4v) is 0.878. The van der Waals surface area contributed by atoms with E-state index in [9.17, 15) is 4.79 Å². The van der Waals surface area contributed by atoms with Crippen LogP contribution in [-0.2, 0) is 4.79 Å². The lowest BCUT2D eigenvalue weighted by molar-refractivity contribution is -0.114. The Hall–Kier alpha value is -1.51. The predicted octanol–water partition coefficient (Wildman–Crippen LogP) is 1.65. The van der Waals surface area contributed by atoms with Gasteiger partial charge in [-0.05, 0) is 24.3 Å². The lowest BCUT2D eigenvalue weighted by Crippen LogP contribution is -2.05. The number of nitrogens with one attached hydrogen (secondary N) is 1. The van der Waals surface area contributed by atoms with E-state index in [2.05, 4.69) is 5.32 Å². The molecule has 0 aliphatic carbocycles. The summed E-state index contributed by atoms with van der Waals surface area (Å²) in [6.45, 7) is 1.48. The number of hydrogen-bond donors (Lipinski definition) is 1. The molecule has 0 aromatic heterocycles. The summed E-state index contributed by atoms with van der Waals surface area (Å²) in [4.78, 5) is 10.6. The summed E-state index contributed by atoms with van der Waals surface area (Å²) in [5, 5.41) is 2.66. The van der Waals surface area contributed by atoms with Crippen LogP contribution in [0.25, 0.3) is 0 Å². The second-order valence-corrected chi connectivity index (χ2v) is 2.41. The molecule has 1 amide bonds. The molecule has 0 atom stereocenters. The first-order chi connectivity index (χ1) is 5.72. The van der Waals surface area contributed by atoms with Crippen LogP contribution in [-0.4, -0.2) is 13.0 Å². The highest BCUT2D eigenvalue weighted by molar-refractivity contribution is 5.88. The van der Waals surface area contributed by atoms with E-state index in [0.29, 0.717) is 0 Å². The first-order valence-electron chi connectivity index (χ1n) is 3.64. The van der Waals surface area contributed by atoms with Gasteiger partial charge in [-0.1, -0.05) is 0 Å². The first-order valence-corrected chi connectivity index (χ1v) is 3.64. The first kappa shape index (κ1) is 8.59. The van der Waals surface area contributed by atoms with E-state index in [1.165, 1.54) is 6.92 Å². The number of benzene rings is 1. The fraction of sp³-hybridized carbons (Fsp3) is 0.222. The molecule has 0 fully saturated rings. The van der Waals surface area contributed by atoms with Crippen LogP contribution >= 0.6 is 0 Å². The standard InChI is InChI=1S/C9H11NO2/c1-7(11)10-8-3-5-9(12-2)6-4-8/h3-6H,1-2H3,(H,10,11)/i2+1. The minimum Gasteiger partial charge on any atom is -0.497 e. The second kappa shape index (κ2) is 3.76. The molecule has 0 bridgehead atoms. The Kier molecular flexibility index (Phi) is 2.69. The monoisotopic (exact) mass is 166 g/mol. The molecule has 0 radical (unpaired) electrons. The van der Waals surface area contributed by atoms with Crippen molar-refractivity contribution in [3.05, 3.63) is 24.3 Å². The van der Waals surface area contributed by atoms with Gasteiger partial charge in [0, 0.05) is 12.6 Å². The largest absolute Gasteiger partial charge is 0.497 e. The van der Waals surface area contributed by atoms with Crippen LogP contribution in [0.2, 0.25) is 0 Å². The molecule has 1 aromatic rings. The van der Waals surface area contributed by atoms with Crippen molar-refractivity contribution in [3.63, 3.8) is 0 Å². The van der Waals surface area contributed by atoms with E-state index >= 15 is 0 Å². The van der Waals surface area contributed by atoms with Crippen LogP contribution in [0, 0.1) is 0 Å². The summed E-state index contributed by atoms with van der Waals surface area (Å²) >= 11 is 0. The van der Waals surface area contributed by atoms with Crippen molar-refractivity contribution >= 4 is 11.6 Å². The van der Waals surface area contributed by atoms with E-state index in [0.717, 1.165) is 11.4 Å². The second-order valence-electron chi connectivity index (χ2n) is 2.41. The van der Waals surface area contributed by atoms with E-state index in [1.807, 2.05) is 0 Å². The van der Waals surface area contributed by atoms with Crippen molar-refractivity contribution in [1.82, 2.24) is 0 Å². The summed E-state index contributed by atoms with van der Waals surface area (Å²) in [7, 11) is 1.60. The number of ether oxygens (including phenoxy) is 1. The molecular formula is C9H11NO2. The molecule has 3 heteroatoms. The van der Waals surface area contributed by atoms with E-state index in [4.69, 9.17) is 4.74 Å². The van der Waals surface area contributed by atoms with Gasteiger partial charge in [0.1, 0.15) is 5.75 Å². The molecule has 64 valence electrons. The molecule has 0 aliphatic rings. The van der Waals surface area contributed by atoms with Crippen molar-refractivity contribution < 1.29 is 9.53 Å². The zero-order valence-electron chi connectivity index (χ0n) is 7.13. The summed E-state index contributed by atoms with van der Waals surface area (Å²) in [6, 6.07) is 7.18. The minimum absolute atomic E-state index is 0.0693. The van der Waals surface area contributed by atoms with E-state index in [1.54, 1.807) is 31.4 Å². The quantitative estimate of drug-likeness (QED) is 0.678. The summed E-state index contributed by atoms with van der Waals surface area (Å²) in [5.41, 5.74) is 0.781. The lowest BCUT2D eigenvalue weighted by atomic mass is 10.3. The van der Waals surface area contributed by atoms with Gasteiger partial charge in [-0.25, -0.2) is 0 Å². The van der Waals surface area contributed by atoms with Gasteiger partial charge in [-0.2, -0.15) is 0 Å². The Labute approximate surface area is 71.4 Å². The van der Waals surface area contributed by atoms with Crippen LogP contribution in [0.3, 0.4) is 0 Å². The van der Waals surface area contributed by atoms with Gasteiger partial charge < -0.3 is 10.1 Å². The molecule has 0 saturated heterocycles. The molecule has 12 heavy (non-hydrogen) atoms. The van der Waals surface area contributed by atoms with Crippen LogP contribution in [0.15, 0.2) is 24.3 Å². The summed E-state index contributed by atoms with van der Waals surface area (Å²) < 4.78 is 4.96. The highest BCUT2D eigenvalue weighted by Gasteiger charge is 1.94. The maximum atomic E-state index is 10.6. The maximum Gasteiger partial charge on any atom is 0.221 e. The van der Waals surface area contributed by atoms with E-state index < -0.39 is 0 Å². The van der Waals surface area contributed by atoms with Crippen molar-refractivity contribution in [2.75, 3.05) is 12.4 Å². The number of amides is 1. The molecule has 1 aromatic carbocycles. The molecule has 0 heterocycles. The Morgan fingerprint density at radius 2 is 1.92 bits per heavy atom. The van der Waals surface area contributed by atoms with Crippen molar-refractivity contribution in [3.8, 4) is 5.75 Å². The maximum absolute atomic E-state index is 10.6. The number of carbonyl (C=O) groups is 1. The zero-order valence-corrected chi connectivity index (χ0v) is 7.13. The highest BCUT2D eigenvalue weighted by atomic mass is 16.5. The Morgan fingerprint density at radius 3 is 2.33 bits per heavy atom. The molecule has 1 N–H and O–H groups in total. The van der Waals surface area contributed by atoms with E-state index in [-0.39, 0.29) is 5.91 Å². The number of rotatable bonds is 2. The Morgan fingerprint density at radius 1 is 1.33 bits per heavy atom. The van der Waals surface area contributed by atoms with Crippen LogP contribution in [0.4, 0.5) is 5.69 Å². The Bertz CT molecular complexity index is 266. The SMILES string of the molecule is CC(=O)Nc1ccc(O[13CH3])cc1. The minimum atomic E-state index is -0.0693. The molecule has 1 rings (SSSR count). The number of methoxy groups -OCH3 is 1. The van der Waals surface area contributed by atoms with Gasteiger partial charge in [-0.15, -0.1) is 0 Å². The van der Waals surface area contributed by atoms with Gasteiger partial charge in [0.2, 0.25) is 5.91 Å². The molecular weight excluding hydrogens is 155 g/mol. The fourth-order valence-electron chi connectivity index (χ4n) is 0.878. The van der Waals surface area contributed by atoms with Gasteiger partial charge in [0.25, 0.3) is 0 Å². The molecule has 0 aliphatic heterocycles. The predicted molar refractivity (Wildman–Crippen MR) is 47.3 cm³/mol. The normalized spacial score (nSPS) is 9.17. The number of anilines is 1. The zero-order chi connectivity index (χ0) is 8.97. The topological polar surface area (TPSA) is 38.3 Å². The summed E-state index contributed by atoms with van der Waals surface area (Å²) in [5.74, 6) is 0.712. The molecule has 0 spiro atoms. The smallest absolute Gasteiger partial charge is 0.221 e. The van der Waals surface area contributed by atoms with Gasteiger partial charge in [0.05, 0.1) is 7.11 Å². The van der Waals surface area contributed by atoms with Gasteiger partial charge >= 0.3 is 0 Å². The summed E-state index contributed by atoms with van der Waals surface area (Å²) in [6.07, 6.45) is 0. The third-order valence-electron chi connectivity index (χ3n) is 1.41.